The van der Waals surface area contributed by atoms with Crippen molar-refractivity contribution in [3.63, 3.8) is 0 Å². The summed E-state index contributed by atoms with van der Waals surface area (Å²) in [6, 6.07) is -0.405. The van der Waals surface area contributed by atoms with Crippen LogP contribution in [-0.4, -0.2) is 60.3 Å². The highest BCUT2D eigenvalue weighted by molar-refractivity contribution is 7.13. The summed E-state index contributed by atoms with van der Waals surface area (Å²) in [5.74, 6) is 2.03. The number of thiazole rings is 1. The van der Waals surface area contributed by atoms with Crippen LogP contribution in [0, 0.1) is 5.92 Å². The van der Waals surface area contributed by atoms with Crippen molar-refractivity contribution in [3.8, 4) is 22.1 Å². The maximum absolute atomic E-state index is 12.2. The Labute approximate surface area is 200 Å². The first kappa shape index (κ1) is 21.0. The molecule has 1 aliphatic heterocycles. The number of nitrogens with one attached hydrogen (secondary N) is 1. The predicted molar refractivity (Wildman–Crippen MR) is 130 cm³/mol. The molecule has 4 aromatic heterocycles. The van der Waals surface area contributed by atoms with E-state index in [1.807, 2.05) is 28.2 Å². The van der Waals surface area contributed by atoms with E-state index >= 15 is 0 Å². The lowest BCUT2D eigenvalue weighted by atomic mass is 9.99. The molecular formula is C23H25N9OS. The number of hydrogen-bond donors (Lipinski definition) is 1. The quantitative estimate of drug-likeness (QED) is 0.404. The van der Waals surface area contributed by atoms with Gasteiger partial charge in [0, 0.05) is 31.4 Å². The zero-order valence-corrected chi connectivity index (χ0v) is 19.8. The average Bonchev–Trinajstić information content (AvgIpc) is 3.27. The molecule has 174 valence electrons. The monoisotopic (exact) mass is 475 g/mol. The fraction of sp³-hybridized carbons (Fsp3) is 0.391. The van der Waals surface area contributed by atoms with E-state index in [0.717, 1.165) is 58.6 Å². The number of likely N-dealkylation sites (N-methyl/N-ethyl adjacent to an activating group) is 1. The Morgan fingerprint density at radius 3 is 2.85 bits per heavy atom. The fourth-order valence-electron chi connectivity index (χ4n) is 4.68. The molecule has 0 amide bonds. The summed E-state index contributed by atoms with van der Waals surface area (Å²) in [7, 11) is 1.93. The molecule has 6 rings (SSSR count). The number of aromatic nitrogens is 7. The lowest BCUT2D eigenvalue weighted by molar-refractivity contribution is -0.109. The minimum absolute atomic E-state index is 0.0842. The van der Waals surface area contributed by atoms with Gasteiger partial charge in [0.25, 0.3) is 0 Å². The van der Waals surface area contributed by atoms with Crippen molar-refractivity contribution in [1.82, 2.24) is 34.9 Å². The zero-order chi connectivity index (χ0) is 23.2. The van der Waals surface area contributed by atoms with Crippen LogP contribution in [0.4, 0.5) is 17.2 Å². The number of nitrogens with zero attached hydrogens (tertiary/aromatic N) is 8. The van der Waals surface area contributed by atoms with Gasteiger partial charge < -0.3 is 14.6 Å². The highest BCUT2D eigenvalue weighted by Gasteiger charge is 2.39. The summed E-state index contributed by atoms with van der Waals surface area (Å²) in [6.45, 7) is 3.02. The molecular weight excluding hydrogens is 450 g/mol. The number of fused-ring (bicyclic) bond motifs is 1. The molecule has 0 radical (unpaired) electrons. The number of rotatable bonds is 7. The summed E-state index contributed by atoms with van der Waals surface area (Å²) in [5, 5.41) is 14.6. The number of carbonyl (C=O) groups is 1. The summed E-state index contributed by atoms with van der Waals surface area (Å²) < 4.78 is 2.01. The number of carbonyl (C=O) groups excluding carboxylic acids is 1. The molecule has 1 aliphatic carbocycles. The number of anilines is 3. The van der Waals surface area contributed by atoms with E-state index in [2.05, 4.69) is 43.3 Å². The van der Waals surface area contributed by atoms with Crippen LogP contribution in [0.15, 0.2) is 36.4 Å². The first-order chi connectivity index (χ1) is 16.7. The SMILES string of the molecule is CCC1C(C=O)N(C)c2cnc(-c3cn[nH]c3-c3nccs3)nc2N1c1cnn(CC2CC2)c1. The van der Waals surface area contributed by atoms with Crippen LogP contribution in [0.25, 0.3) is 22.1 Å². The van der Waals surface area contributed by atoms with Gasteiger partial charge in [-0.05, 0) is 25.2 Å². The molecule has 0 saturated heterocycles. The van der Waals surface area contributed by atoms with Gasteiger partial charge in [0.05, 0.1) is 41.6 Å². The van der Waals surface area contributed by atoms with Crippen molar-refractivity contribution in [2.45, 2.75) is 44.8 Å². The Bertz CT molecular complexity index is 1310. The Morgan fingerprint density at radius 2 is 2.12 bits per heavy atom. The second-order valence-corrected chi connectivity index (χ2v) is 9.74. The molecule has 1 N–H and O–H groups in total. The van der Waals surface area contributed by atoms with Crippen molar-refractivity contribution in [2.24, 2.45) is 5.92 Å². The molecule has 11 heteroatoms. The highest BCUT2D eigenvalue weighted by Crippen LogP contribution is 2.42. The van der Waals surface area contributed by atoms with E-state index in [1.54, 1.807) is 18.6 Å². The molecule has 0 spiro atoms. The van der Waals surface area contributed by atoms with Gasteiger partial charge in [-0.1, -0.05) is 6.92 Å². The van der Waals surface area contributed by atoms with Crippen LogP contribution >= 0.6 is 11.3 Å². The smallest absolute Gasteiger partial charge is 0.165 e. The first-order valence-corrected chi connectivity index (χ1v) is 12.4. The van der Waals surface area contributed by atoms with E-state index in [9.17, 15) is 4.79 Å². The fourth-order valence-corrected chi connectivity index (χ4v) is 5.32. The van der Waals surface area contributed by atoms with Gasteiger partial charge in [0.15, 0.2) is 11.6 Å². The average molecular weight is 476 g/mol. The molecule has 0 aromatic carbocycles. The molecule has 2 aliphatic rings. The topological polar surface area (TPSA) is 109 Å². The third-order valence-electron chi connectivity index (χ3n) is 6.66. The van der Waals surface area contributed by atoms with Crippen molar-refractivity contribution in [2.75, 3.05) is 16.8 Å². The van der Waals surface area contributed by atoms with Crippen LogP contribution in [0.3, 0.4) is 0 Å². The van der Waals surface area contributed by atoms with Crippen LogP contribution in [0.5, 0.6) is 0 Å². The van der Waals surface area contributed by atoms with Crippen molar-refractivity contribution >= 4 is 34.8 Å². The van der Waals surface area contributed by atoms with Crippen molar-refractivity contribution in [1.29, 1.82) is 0 Å². The molecule has 0 bridgehead atoms. The van der Waals surface area contributed by atoms with Crippen LogP contribution < -0.4 is 9.80 Å². The number of aromatic amines is 1. The molecule has 5 heterocycles. The molecule has 4 aromatic rings. The van der Waals surface area contributed by atoms with Gasteiger partial charge in [-0.25, -0.2) is 15.0 Å². The van der Waals surface area contributed by atoms with Crippen LogP contribution in [0.2, 0.25) is 0 Å². The Hall–Kier alpha value is -3.60. The van der Waals surface area contributed by atoms with E-state index < -0.39 is 0 Å². The Morgan fingerprint density at radius 1 is 1.24 bits per heavy atom. The van der Waals surface area contributed by atoms with E-state index in [0.29, 0.717) is 5.82 Å². The summed E-state index contributed by atoms with van der Waals surface area (Å²) in [6.07, 6.45) is 13.6. The number of hydrogen-bond acceptors (Lipinski definition) is 9. The third kappa shape index (κ3) is 3.47. The van der Waals surface area contributed by atoms with Gasteiger partial charge in [0.1, 0.15) is 23.0 Å². The maximum Gasteiger partial charge on any atom is 0.165 e. The number of aldehydes is 1. The molecule has 1 fully saturated rings. The lowest BCUT2D eigenvalue weighted by Gasteiger charge is -2.45. The predicted octanol–water partition coefficient (Wildman–Crippen LogP) is 3.53. The second kappa shape index (κ2) is 8.32. The van der Waals surface area contributed by atoms with Crippen LogP contribution in [-0.2, 0) is 11.3 Å². The van der Waals surface area contributed by atoms with Gasteiger partial charge in [-0.15, -0.1) is 11.3 Å². The third-order valence-corrected chi connectivity index (χ3v) is 7.45. The molecule has 2 atom stereocenters. The lowest BCUT2D eigenvalue weighted by Crippen LogP contribution is -2.54. The minimum atomic E-state index is -0.321. The van der Waals surface area contributed by atoms with Crippen LogP contribution in [0.1, 0.15) is 26.2 Å². The largest absolute Gasteiger partial charge is 0.359 e. The summed E-state index contributed by atoms with van der Waals surface area (Å²) >= 11 is 1.53. The van der Waals surface area contributed by atoms with Crippen molar-refractivity contribution in [3.05, 3.63) is 36.4 Å². The first-order valence-electron chi connectivity index (χ1n) is 11.5. The maximum atomic E-state index is 12.2. The van der Waals surface area contributed by atoms with Gasteiger partial charge in [-0.2, -0.15) is 10.2 Å². The van der Waals surface area contributed by atoms with E-state index in [1.165, 1.54) is 24.2 Å². The normalized spacial score (nSPS) is 19.9. The molecule has 2 unspecified atom stereocenters. The van der Waals surface area contributed by atoms with Gasteiger partial charge in [0.2, 0.25) is 0 Å². The van der Waals surface area contributed by atoms with E-state index in [-0.39, 0.29) is 12.1 Å². The minimum Gasteiger partial charge on any atom is -0.359 e. The molecule has 1 saturated carbocycles. The zero-order valence-electron chi connectivity index (χ0n) is 19.0. The number of H-pyrrole nitrogens is 1. The molecule has 34 heavy (non-hydrogen) atoms. The van der Waals surface area contributed by atoms with Crippen molar-refractivity contribution < 1.29 is 4.79 Å². The second-order valence-electron chi connectivity index (χ2n) is 8.85. The summed E-state index contributed by atoms with van der Waals surface area (Å²) in [5.41, 5.74) is 3.32. The Kier molecular flexibility index (Phi) is 5.13. The van der Waals surface area contributed by atoms with Gasteiger partial charge in [-0.3, -0.25) is 9.78 Å². The Balaban J connectivity index is 1.47. The van der Waals surface area contributed by atoms with Gasteiger partial charge >= 0.3 is 0 Å². The molecule has 10 nitrogen and oxygen atoms in total. The highest BCUT2D eigenvalue weighted by atomic mass is 32.1. The van der Waals surface area contributed by atoms with E-state index in [4.69, 9.17) is 4.98 Å². The standard InChI is InChI=1S/C23H25N9OS/c1-3-17-19(13-33)30(2)18-10-25-21(16-9-26-29-20(16)23-24-6-7-34-23)28-22(18)32(17)15-8-27-31(12-15)11-14-4-5-14/h6-10,12-14,17,19H,3-5,11H2,1-2H3,(H,26,29). The summed E-state index contributed by atoms with van der Waals surface area (Å²) in [4.78, 5) is 30.4.